The maximum absolute atomic E-state index is 12.1. The van der Waals surface area contributed by atoms with Crippen molar-refractivity contribution in [2.24, 2.45) is 5.41 Å². The van der Waals surface area contributed by atoms with Gasteiger partial charge in [0.25, 0.3) is 0 Å². The Morgan fingerprint density at radius 3 is 2.47 bits per heavy atom. The third-order valence-electron chi connectivity index (χ3n) is 3.04. The fourth-order valence-corrected chi connectivity index (χ4v) is 2.15. The van der Waals surface area contributed by atoms with Gasteiger partial charge < -0.3 is 0 Å². The first kappa shape index (κ1) is 10.4. The Kier molecular flexibility index (Phi) is 2.41. The van der Waals surface area contributed by atoms with E-state index in [0.29, 0.717) is 0 Å². The average molecular weight is 202 g/mol. The van der Waals surface area contributed by atoms with Crippen LogP contribution in [0.15, 0.2) is 18.2 Å². The van der Waals surface area contributed by atoms with Gasteiger partial charge in [-0.2, -0.15) is 0 Å². The van der Waals surface area contributed by atoms with E-state index in [9.17, 15) is 4.79 Å². The average Bonchev–Trinajstić information content (AvgIpc) is 2.61. The number of hydrogen-bond donors (Lipinski definition) is 0. The summed E-state index contributed by atoms with van der Waals surface area (Å²) < 4.78 is 0. The van der Waals surface area contributed by atoms with E-state index in [2.05, 4.69) is 12.1 Å². The van der Waals surface area contributed by atoms with Crippen LogP contribution in [0.2, 0.25) is 0 Å². The second-order valence-corrected chi connectivity index (χ2v) is 5.42. The van der Waals surface area contributed by atoms with Gasteiger partial charge in [-0.1, -0.05) is 32.9 Å². The van der Waals surface area contributed by atoms with Gasteiger partial charge in [-0.25, -0.2) is 0 Å². The van der Waals surface area contributed by atoms with E-state index in [1.807, 2.05) is 26.8 Å². The molecule has 1 aromatic carbocycles. The summed E-state index contributed by atoms with van der Waals surface area (Å²) in [5.41, 5.74) is 3.42. The van der Waals surface area contributed by atoms with Crippen LogP contribution < -0.4 is 0 Å². The van der Waals surface area contributed by atoms with Gasteiger partial charge >= 0.3 is 0 Å². The molecule has 0 spiro atoms. The van der Waals surface area contributed by atoms with Gasteiger partial charge in [0.15, 0.2) is 5.78 Å². The van der Waals surface area contributed by atoms with Crippen molar-refractivity contribution in [3.8, 4) is 0 Å². The number of carbonyl (C=O) groups excluding carboxylic acids is 1. The first-order valence-corrected chi connectivity index (χ1v) is 5.65. The summed E-state index contributed by atoms with van der Waals surface area (Å²) >= 11 is 0. The molecule has 0 saturated carbocycles. The predicted octanol–water partition coefficient (Wildman–Crippen LogP) is 3.40. The first-order valence-electron chi connectivity index (χ1n) is 5.65. The van der Waals surface area contributed by atoms with E-state index in [-0.39, 0.29) is 11.2 Å². The van der Waals surface area contributed by atoms with Crippen LogP contribution in [0, 0.1) is 5.41 Å². The molecule has 0 aliphatic heterocycles. The maximum Gasteiger partial charge on any atom is 0.168 e. The lowest BCUT2D eigenvalue weighted by molar-refractivity contribution is 0.0858. The number of fused-ring (bicyclic) bond motifs is 1. The molecule has 0 fully saturated rings. The number of Topliss-reactive ketones (excluding diaryl/α,β-unsaturated/α-hetero) is 1. The minimum absolute atomic E-state index is 0.247. The summed E-state index contributed by atoms with van der Waals surface area (Å²) in [6.45, 7) is 5.92. The van der Waals surface area contributed by atoms with E-state index in [0.717, 1.165) is 12.0 Å². The van der Waals surface area contributed by atoms with Crippen LogP contribution in [0.1, 0.15) is 48.7 Å². The van der Waals surface area contributed by atoms with Crippen LogP contribution in [0.4, 0.5) is 0 Å². The van der Waals surface area contributed by atoms with Gasteiger partial charge in [0.1, 0.15) is 0 Å². The van der Waals surface area contributed by atoms with Crippen molar-refractivity contribution in [2.75, 3.05) is 0 Å². The minimum atomic E-state index is -0.271. The molecule has 0 heterocycles. The second-order valence-electron chi connectivity index (χ2n) is 5.42. The van der Waals surface area contributed by atoms with E-state index >= 15 is 0 Å². The Morgan fingerprint density at radius 1 is 1.13 bits per heavy atom. The molecule has 1 aromatic rings. The zero-order valence-electron chi connectivity index (χ0n) is 9.76. The third kappa shape index (κ3) is 1.97. The SMILES string of the molecule is CC(C)(C)C(=O)c1ccc2c(c1)CCC2. The molecule has 80 valence electrons. The zero-order valence-corrected chi connectivity index (χ0v) is 9.76. The maximum atomic E-state index is 12.1. The molecule has 0 saturated heterocycles. The highest BCUT2D eigenvalue weighted by Gasteiger charge is 2.23. The first-order chi connectivity index (χ1) is 6.98. The molecule has 0 unspecified atom stereocenters. The smallest absolute Gasteiger partial charge is 0.168 e. The predicted molar refractivity (Wildman–Crippen MR) is 62.3 cm³/mol. The van der Waals surface area contributed by atoms with Gasteiger partial charge in [0.2, 0.25) is 0 Å². The number of hydrogen-bond acceptors (Lipinski definition) is 1. The number of benzene rings is 1. The van der Waals surface area contributed by atoms with E-state index < -0.39 is 0 Å². The Labute approximate surface area is 91.5 Å². The molecule has 0 N–H and O–H groups in total. The van der Waals surface area contributed by atoms with Crippen LogP contribution in [-0.4, -0.2) is 5.78 Å². The summed E-state index contributed by atoms with van der Waals surface area (Å²) in [6, 6.07) is 6.20. The molecule has 2 rings (SSSR count). The van der Waals surface area contributed by atoms with E-state index in [1.165, 1.54) is 24.0 Å². The highest BCUT2D eigenvalue weighted by molar-refractivity contribution is 6.00. The fourth-order valence-electron chi connectivity index (χ4n) is 2.15. The highest BCUT2D eigenvalue weighted by Crippen LogP contribution is 2.26. The highest BCUT2D eigenvalue weighted by atomic mass is 16.1. The molecule has 0 aromatic heterocycles. The van der Waals surface area contributed by atoms with E-state index in [4.69, 9.17) is 0 Å². The molecule has 0 amide bonds. The van der Waals surface area contributed by atoms with Crippen molar-refractivity contribution in [3.63, 3.8) is 0 Å². The molecule has 1 heteroatoms. The molecule has 1 aliphatic carbocycles. The van der Waals surface area contributed by atoms with Crippen molar-refractivity contribution in [1.29, 1.82) is 0 Å². The van der Waals surface area contributed by atoms with Crippen molar-refractivity contribution in [3.05, 3.63) is 34.9 Å². The van der Waals surface area contributed by atoms with Crippen LogP contribution in [-0.2, 0) is 12.8 Å². The molecule has 1 aliphatic rings. The summed E-state index contributed by atoms with van der Waals surface area (Å²) in [7, 11) is 0. The van der Waals surface area contributed by atoms with Gasteiger partial charge in [-0.05, 0) is 36.5 Å². The van der Waals surface area contributed by atoms with Gasteiger partial charge in [-0.3, -0.25) is 4.79 Å². The molecule has 15 heavy (non-hydrogen) atoms. The quantitative estimate of drug-likeness (QED) is 0.638. The number of carbonyl (C=O) groups is 1. The summed E-state index contributed by atoms with van der Waals surface area (Å²) in [5.74, 6) is 0.247. The molecule has 0 atom stereocenters. The Bertz CT molecular complexity index is 396. The monoisotopic (exact) mass is 202 g/mol. The van der Waals surface area contributed by atoms with Crippen LogP contribution >= 0.6 is 0 Å². The molecular formula is C14H18O. The van der Waals surface area contributed by atoms with Crippen molar-refractivity contribution in [1.82, 2.24) is 0 Å². The number of rotatable bonds is 1. The fraction of sp³-hybridized carbons (Fsp3) is 0.500. The van der Waals surface area contributed by atoms with Crippen LogP contribution in [0.5, 0.6) is 0 Å². The van der Waals surface area contributed by atoms with Gasteiger partial charge in [0.05, 0.1) is 0 Å². The molecule has 0 radical (unpaired) electrons. The lowest BCUT2D eigenvalue weighted by Crippen LogP contribution is -2.20. The summed E-state index contributed by atoms with van der Waals surface area (Å²) in [5, 5.41) is 0. The van der Waals surface area contributed by atoms with Crippen LogP contribution in [0.3, 0.4) is 0 Å². The largest absolute Gasteiger partial charge is 0.294 e. The topological polar surface area (TPSA) is 17.1 Å². The molecular weight excluding hydrogens is 184 g/mol. The lowest BCUT2D eigenvalue weighted by atomic mass is 9.86. The van der Waals surface area contributed by atoms with Crippen molar-refractivity contribution >= 4 is 5.78 Å². The van der Waals surface area contributed by atoms with Gasteiger partial charge in [0, 0.05) is 11.0 Å². The lowest BCUT2D eigenvalue weighted by Gasteiger charge is -2.17. The minimum Gasteiger partial charge on any atom is -0.294 e. The third-order valence-corrected chi connectivity index (χ3v) is 3.04. The number of ketones is 1. The molecule has 0 bridgehead atoms. The van der Waals surface area contributed by atoms with E-state index in [1.54, 1.807) is 0 Å². The normalized spacial score (nSPS) is 15.1. The standard InChI is InChI=1S/C14H18O/c1-14(2,3)13(15)12-8-7-10-5-4-6-11(10)9-12/h7-9H,4-6H2,1-3H3. The van der Waals surface area contributed by atoms with Crippen LogP contribution in [0.25, 0.3) is 0 Å². The van der Waals surface area contributed by atoms with Gasteiger partial charge in [-0.15, -0.1) is 0 Å². The summed E-state index contributed by atoms with van der Waals surface area (Å²) in [6.07, 6.45) is 3.56. The Morgan fingerprint density at radius 2 is 1.80 bits per heavy atom. The Balaban J connectivity index is 2.35. The molecule has 1 nitrogen and oxygen atoms in total. The second kappa shape index (κ2) is 3.48. The number of aryl methyl sites for hydroxylation is 2. The zero-order chi connectivity index (χ0) is 11.1. The van der Waals surface area contributed by atoms with Crippen molar-refractivity contribution in [2.45, 2.75) is 40.0 Å². The van der Waals surface area contributed by atoms with Crippen molar-refractivity contribution < 1.29 is 4.79 Å². The summed E-state index contributed by atoms with van der Waals surface area (Å²) in [4.78, 5) is 12.1. The Hall–Kier alpha value is -1.11.